The Morgan fingerprint density at radius 3 is 2.47 bits per heavy atom. The number of alkyl halides is 3. The van der Waals surface area contributed by atoms with Crippen molar-refractivity contribution in [1.29, 1.82) is 0 Å². The maximum Gasteiger partial charge on any atom is 0.416 e. The number of nitrogens with one attached hydrogen (secondary N) is 1. The van der Waals surface area contributed by atoms with Gasteiger partial charge in [0.25, 0.3) is 0 Å². The molecule has 0 aliphatic carbocycles. The van der Waals surface area contributed by atoms with E-state index in [0.29, 0.717) is 13.1 Å². The summed E-state index contributed by atoms with van der Waals surface area (Å²) in [6, 6.07) is 5.17. The fourth-order valence-electron chi connectivity index (χ4n) is 1.78. The lowest BCUT2D eigenvalue weighted by Crippen LogP contribution is -2.06. The third kappa shape index (κ3) is 3.57. The molecule has 0 atom stereocenters. The molecular weight excluding hydrogens is 255 g/mol. The molecule has 0 aliphatic heterocycles. The third-order valence-corrected chi connectivity index (χ3v) is 2.69. The molecule has 3 nitrogen and oxygen atoms in total. The van der Waals surface area contributed by atoms with Crippen LogP contribution in [0.5, 0.6) is 0 Å². The van der Waals surface area contributed by atoms with Crippen molar-refractivity contribution in [2.24, 2.45) is 0 Å². The first-order valence-corrected chi connectivity index (χ1v) is 5.80. The Morgan fingerprint density at radius 2 is 1.89 bits per heavy atom. The normalized spacial score (nSPS) is 11.8. The highest BCUT2D eigenvalue weighted by molar-refractivity contribution is 5.24. The minimum Gasteiger partial charge on any atom is -0.333 e. The molecule has 2 aromatic rings. The summed E-state index contributed by atoms with van der Waals surface area (Å²) in [5.74, 6) is 0. The van der Waals surface area contributed by atoms with E-state index >= 15 is 0 Å². The molecule has 0 saturated carbocycles. The molecule has 0 radical (unpaired) electrons. The average molecular weight is 269 g/mol. The summed E-state index contributed by atoms with van der Waals surface area (Å²) in [4.78, 5) is 4.18. The Balaban J connectivity index is 2.06. The minimum atomic E-state index is -4.28. The lowest BCUT2D eigenvalue weighted by atomic mass is 10.1. The molecule has 102 valence electrons. The smallest absolute Gasteiger partial charge is 0.333 e. The standard InChI is InChI=1S/C13H14F3N3/c1-17-6-12-8-19(9-18-12)7-10-2-4-11(5-3-10)13(14,15)16/h2-5,8-9,17H,6-7H2,1H3. The predicted molar refractivity (Wildman–Crippen MR) is 65.5 cm³/mol. The van der Waals surface area contributed by atoms with E-state index in [4.69, 9.17) is 0 Å². The highest BCUT2D eigenvalue weighted by Crippen LogP contribution is 2.29. The molecule has 0 spiro atoms. The van der Waals surface area contributed by atoms with Crippen LogP contribution in [0.4, 0.5) is 13.2 Å². The molecular formula is C13H14F3N3. The van der Waals surface area contributed by atoms with Crippen molar-refractivity contribution in [3.05, 3.63) is 53.6 Å². The highest BCUT2D eigenvalue weighted by atomic mass is 19.4. The zero-order valence-corrected chi connectivity index (χ0v) is 10.4. The van der Waals surface area contributed by atoms with Crippen molar-refractivity contribution in [1.82, 2.24) is 14.9 Å². The summed E-state index contributed by atoms with van der Waals surface area (Å²) in [6.07, 6.45) is -0.744. The van der Waals surface area contributed by atoms with Crippen molar-refractivity contribution >= 4 is 0 Å². The van der Waals surface area contributed by atoms with Gasteiger partial charge < -0.3 is 9.88 Å². The van der Waals surface area contributed by atoms with Crippen molar-refractivity contribution in [2.75, 3.05) is 7.05 Å². The number of benzene rings is 1. The van der Waals surface area contributed by atoms with Gasteiger partial charge in [0.2, 0.25) is 0 Å². The summed E-state index contributed by atoms with van der Waals surface area (Å²) in [6.45, 7) is 1.18. The molecule has 19 heavy (non-hydrogen) atoms. The summed E-state index contributed by atoms with van der Waals surface area (Å²) in [7, 11) is 1.83. The number of halogens is 3. The van der Waals surface area contributed by atoms with Crippen LogP contribution in [-0.2, 0) is 19.3 Å². The molecule has 0 fully saturated rings. The van der Waals surface area contributed by atoms with Gasteiger partial charge in [0, 0.05) is 19.3 Å². The highest BCUT2D eigenvalue weighted by Gasteiger charge is 2.29. The Morgan fingerprint density at radius 1 is 1.21 bits per heavy atom. The topological polar surface area (TPSA) is 29.9 Å². The number of hydrogen-bond donors (Lipinski definition) is 1. The molecule has 6 heteroatoms. The molecule has 1 aromatic carbocycles. The Kier molecular flexibility index (Phi) is 3.90. The third-order valence-electron chi connectivity index (χ3n) is 2.69. The van der Waals surface area contributed by atoms with Gasteiger partial charge in [-0.25, -0.2) is 4.98 Å². The molecule has 1 aromatic heterocycles. The van der Waals surface area contributed by atoms with Gasteiger partial charge in [-0.3, -0.25) is 0 Å². The van der Waals surface area contributed by atoms with Gasteiger partial charge in [-0.1, -0.05) is 12.1 Å². The van der Waals surface area contributed by atoms with Crippen molar-refractivity contribution < 1.29 is 13.2 Å². The molecule has 0 amide bonds. The first-order valence-electron chi connectivity index (χ1n) is 5.80. The van der Waals surface area contributed by atoms with Gasteiger partial charge in [-0.05, 0) is 24.7 Å². The van der Waals surface area contributed by atoms with E-state index in [-0.39, 0.29) is 0 Å². The van der Waals surface area contributed by atoms with Crippen LogP contribution in [0.1, 0.15) is 16.8 Å². The second-order valence-electron chi connectivity index (χ2n) is 4.26. The van der Waals surface area contributed by atoms with Crippen LogP contribution in [0.2, 0.25) is 0 Å². The Bertz CT molecular complexity index is 529. The van der Waals surface area contributed by atoms with E-state index in [1.807, 2.05) is 17.8 Å². The van der Waals surface area contributed by atoms with Crippen molar-refractivity contribution in [2.45, 2.75) is 19.3 Å². The Hall–Kier alpha value is -1.82. The van der Waals surface area contributed by atoms with Gasteiger partial charge in [0.1, 0.15) is 0 Å². The van der Waals surface area contributed by atoms with Crippen LogP contribution >= 0.6 is 0 Å². The van der Waals surface area contributed by atoms with Crippen LogP contribution in [0.3, 0.4) is 0 Å². The zero-order chi connectivity index (χ0) is 13.9. The van der Waals surface area contributed by atoms with Crippen LogP contribution in [0, 0.1) is 0 Å². The van der Waals surface area contributed by atoms with Crippen molar-refractivity contribution in [3.63, 3.8) is 0 Å². The number of nitrogens with zero attached hydrogens (tertiary/aromatic N) is 2. The average Bonchev–Trinajstić information content (AvgIpc) is 2.77. The van der Waals surface area contributed by atoms with Gasteiger partial charge in [0.05, 0.1) is 17.6 Å². The molecule has 0 unspecified atom stereocenters. The first-order chi connectivity index (χ1) is 8.99. The molecule has 1 heterocycles. The summed E-state index contributed by atoms with van der Waals surface area (Å²) >= 11 is 0. The van der Waals surface area contributed by atoms with Gasteiger partial charge in [-0.2, -0.15) is 13.2 Å². The van der Waals surface area contributed by atoms with E-state index in [9.17, 15) is 13.2 Å². The van der Waals surface area contributed by atoms with E-state index < -0.39 is 11.7 Å². The fraction of sp³-hybridized carbons (Fsp3) is 0.308. The van der Waals surface area contributed by atoms with Crippen LogP contribution < -0.4 is 5.32 Å². The lowest BCUT2D eigenvalue weighted by molar-refractivity contribution is -0.137. The summed E-state index contributed by atoms with van der Waals surface area (Å²) in [5.41, 5.74) is 1.08. The van der Waals surface area contributed by atoms with Crippen LogP contribution in [0.25, 0.3) is 0 Å². The SMILES string of the molecule is CNCc1cn(Cc2ccc(C(F)(F)F)cc2)cn1. The zero-order valence-electron chi connectivity index (χ0n) is 10.4. The quantitative estimate of drug-likeness (QED) is 0.924. The second-order valence-corrected chi connectivity index (χ2v) is 4.26. The van der Waals surface area contributed by atoms with E-state index in [0.717, 1.165) is 23.4 Å². The molecule has 1 N–H and O–H groups in total. The number of aromatic nitrogens is 2. The molecule has 0 aliphatic rings. The van der Waals surface area contributed by atoms with E-state index in [1.54, 1.807) is 6.33 Å². The maximum absolute atomic E-state index is 12.4. The number of hydrogen-bond acceptors (Lipinski definition) is 2. The molecule has 2 rings (SSSR count). The molecule has 0 saturated heterocycles. The van der Waals surface area contributed by atoms with E-state index in [1.165, 1.54) is 12.1 Å². The van der Waals surface area contributed by atoms with Gasteiger partial charge in [-0.15, -0.1) is 0 Å². The maximum atomic E-state index is 12.4. The van der Waals surface area contributed by atoms with Crippen molar-refractivity contribution in [3.8, 4) is 0 Å². The van der Waals surface area contributed by atoms with E-state index in [2.05, 4.69) is 10.3 Å². The summed E-state index contributed by atoms with van der Waals surface area (Å²) in [5, 5.41) is 2.98. The van der Waals surface area contributed by atoms with Crippen LogP contribution in [0.15, 0.2) is 36.8 Å². The largest absolute Gasteiger partial charge is 0.416 e. The second kappa shape index (κ2) is 5.44. The number of rotatable bonds is 4. The van der Waals surface area contributed by atoms with Gasteiger partial charge in [0.15, 0.2) is 0 Å². The lowest BCUT2D eigenvalue weighted by Gasteiger charge is -2.07. The number of imidazole rings is 1. The minimum absolute atomic E-state index is 0.509. The Labute approximate surface area is 109 Å². The molecule has 0 bridgehead atoms. The monoisotopic (exact) mass is 269 g/mol. The fourth-order valence-corrected chi connectivity index (χ4v) is 1.78. The van der Waals surface area contributed by atoms with Crippen LogP contribution in [-0.4, -0.2) is 16.6 Å². The predicted octanol–water partition coefficient (Wildman–Crippen LogP) is 2.67. The first kappa shape index (κ1) is 13.6. The summed E-state index contributed by atoms with van der Waals surface area (Å²) < 4.78 is 39.1. The van der Waals surface area contributed by atoms with Gasteiger partial charge >= 0.3 is 6.18 Å².